The standard InChI is InChI=1S/C13H25NO3/c1-9(2)14(10(3)4)13(16)17-8-7-11(5)12(6)15/h7-12,15H,1-6H3/b8-7+/t11-,12+/m1/s1. The zero-order chi connectivity index (χ0) is 13.6. The number of hydrogen-bond donors (Lipinski definition) is 1. The van der Waals surface area contributed by atoms with E-state index < -0.39 is 6.10 Å². The van der Waals surface area contributed by atoms with Crippen LogP contribution in [0.15, 0.2) is 12.3 Å². The van der Waals surface area contributed by atoms with Crippen LogP contribution in [0.3, 0.4) is 0 Å². The van der Waals surface area contributed by atoms with Crippen molar-refractivity contribution < 1.29 is 14.6 Å². The third kappa shape index (κ3) is 5.73. The zero-order valence-electron chi connectivity index (χ0n) is 11.7. The van der Waals surface area contributed by atoms with Gasteiger partial charge in [0.25, 0.3) is 0 Å². The summed E-state index contributed by atoms with van der Waals surface area (Å²) in [6.45, 7) is 11.3. The minimum absolute atomic E-state index is 0.0330. The number of nitrogens with zero attached hydrogens (tertiary/aromatic N) is 1. The van der Waals surface area contributed by atoms with Crippen LogP contribution in [0, 0.1) is 5.92 Å². The van der Waals surface area contributed by atoms with Crippen LogP contribution in [0.25, 0.3) is 0 Å². The molecule has 17 heavy (non-hydrogen) atoms. The lowest BCUT2D eigenvalue weighted by Crippen LogP contribution is -2.41. The van der Waals surface area contributed by atoms with Gasteiger partial charge in [-0.25, -0.2) is 4.79 Å². The molecule has 0 fully saturated rings. The van der Waals surface area contributed by atoms with Crippen molar-refractivity contribution in [3.8, 4) is 0 Å². The van der Waals surface area contributed by atoms with Gasteiger partial charge < -0.3 is 14.7 Å². The second kappa shape index (κ2) is 7.33. The summed E-state index contributed by atoms with van der Waals surface area (Å²) in [6, 6.07) is 0.204. The van der Waals surface area contributed by atoms with Gasteiger partial charge in [0.05, 0.1) is 12.4 Å². The average Bonchev–Trinajstić information content (AvgIpc) is 2.15. The molecule has 0 aliphatic heterocycles. The van der Waals surface area contributed by atoms with Crippen molar-refractivity contribution in [2.45, 2.75) is 59.7 Å². The van der Waals surface area contributed by atoms with Crippen LogP contribution in [0.1, 0.15) is 41.5 Å². The van der Waals surface area contributed by atoms with Crippen LogP contribution >= 0.6 is 0 Å². The van der Waals surface area contributed by atoms with Gasteiger partial charge in [0.1, 0.15) is 0 Å². The normalized spacial score (nSPS) is 15.4. The third-order valence-electron chi connectivity index (χ3n) is 2.64. The van der Waals surface area contributed by atoms with Crippen LogP contribution in [0.4, 0.5) is 4.79 Å². The maximum atomic E-state index is 11.8. The summed E-state index contributed by atoms with van der Waals surface area (Å²) in [6.07, 6.45) is 2.24. The van der Waals surface area contributed by atoms with E-state index in [1.54, 1.807) is 17.9 Å². The maximum absolute atomic E-state index is 11.8. The molecular weight excluding hydrogens is 218 g/mol. The van der Waals surface area contributed by atoms with Gasteiger partial charge in [-0.2, -0.15) is 0 Å². The van der Waals surface area contributed by atoms with Gasteiger partial charge in [0.15, 0.2) is 0 Å². The Kier molecular flexibility index (Phi) is 6.88. The zero-order valence-corrected chi connectivity index (χ0v) is 11.7. The van der Waals surface area contributed by atoms with Crippen molar-refractivity contribution in [1.29, 1.82) is 0 Å². The Balaban J connectivity index is 4.34. The molecule has 0 bridgehead atoms. The fourth-order valence-electron chi connectivity index (χ4n) is 1.46. The topological polar surface area (TPSA) is 49.8 Å². The van der Waals surface area contributed by atoms with Gasteiger partial charge in [0.2, 0.25) is 0 Å². The lowest BCUT2D eigenvalue weighted by molar-refractivity contribution is 0.107. The van der Waals surface area contributed by atoms with Gasteiger partial charge in [-0.15, -0.1) is 0 Å². The SMILES string of the molecule is CC(C)N(C(=O)O/C=C/[C@@H](C)[C@H](C)O)C(C)C. The van der Waals surface area contributed by atoms with Gasteiger partial charge in [-0.05, 0) is 40.7 Å². The van der Waals surface area contributed by atoms with Crippen LogP contribution < -0.4 is 0 Å². The molecular formula is C13H25NO3. The molecule has 0 radical (unpaired) electrons. The number of amides is 1. The largest absolute Gasteiger partial charge is 0.418 e. The Morgan fingerprint density at radius 2 is 1.59 bits per heavy atom. The van der Waals surface area contributed by atoms with E-state index in [0.29, 0.717) is 0 Å². The van der Waals surface area contributed by atoms with Crippen LogP contribution in [-0.4, -0.2) is 34.3 Å². The molecule has 1 amide bonds. The highest BCUT2D eigenvalue weighted by molar-refractivity contribution is 5.68. The van der Waals surface area contributed by atoms with Crippen molar-refractivity contribution >= 4 is 6.09 Å². The summed E-state index contributed by atoms with van der Waals surface area (Å²) in [5, 5.41) is 9.27. The molecule has 2 atom stereocenters. The number of ether oxygens (including phenoxy) is 1. The van der Waals surface area contributed by atoms with Gasteiger partial charge >= 0.3 is 6.09 Å². The molecule has 0 saturated carbocycles. The van der Waals surface area contributed by atoms with E-state index in [0.717, 1.165) is 0 Å². The van der Waals surface area contributed by atoms with E-state index in [4.69, 9.17) is 4.74 Å². The second-order valence-electron chi connectivity index (χ2n) is 4.91. The first-order chi connectivity index (χ1) is 7.77. The molecule has 0 aromatic heterocycles. The number of rotatable bonds is 5. The number of aliphatic hydroxyl groups excluding tert-OH is 1. The maximum Gasteiger partial charge on any atom is 0.415 e. The van der Waals surface area contributed by atoms with E-state index in [1.165, 1.54) is 6.26 Å². The van der Waals surface area contributed by atoms with E-state index in [9.17, 15) is 9.90 Å². The average molecular weight is 243 g/mol. The molecule has 0 aromatic carbocycles. The molecule has 0 spiro atoms. The van der Waals surface area contributed by atoms with Gasteiger partial charge in [0, 0.05) is 18.0 Å². The number of carbonyl (C=O) groups is 1. The van der Waals surface area contributed by atoms with Crippen molar-refractivity contribution in [3.05, 3.63) is 12.3 Å². The smallest absolute Gasteiger partial charge is 0.415 e. The molecule has 100 valence electrons. The molecule has 4 heteroatoms. The van der Waals surface area contributed by atoms with E-state index in [1.807, 2.05) is 34.6 Å². The molecule has 0 aromatic rings. The third-order valence-corrected chi connectivity index (χ3v) is 2.64. The lowest BCUT2D eigenvalue weighted by atomic mass is 10.1. The molecule has 0 heterocycles. The van der Waals surface area contributed by atoms with Crippen molar-refractivity contribution in [2.24, 2.45) is 5.92 Å². The highest BCUT2D eigenvalue weighted by Crippen LogP contribution is 2.09. The Morgan fingerprint density at radius 1 is 1.12 bits per heavy atom. The van der Waals surface area contributed by atoms with Crippen LogP contribution in [0.5, 0.6) is 0 Å². The Hall–Kier alpha value is -1.03. The molecule has 0 saturated heterocycles. The van der Waals surface area contributed by atoms with E-state index in [2.05, 4.69) is 0 Å². The predicted molar refractivity (Wildman–Crippen MR) is 68.6 cm³/mol. The summed E-state index contributed by atoms with van der Waals surface area (Å²) in [5.41, 5.74) is 0. The highest BCUT2D eigenvalue weighted by Gasteiger charge is 2.20. The number of hydrogen-bond acceptors (Lipinski definition) is 3. The molecule has 0 rings (SSSR count). The van der Waals surface area contributed by atoms with Crippen molar-refractivity contribution in [2.75, 3.05) is 0 Å². The quantitative estimate of drug-likeness (QED) is 0.755. The lowest BCUT2D eigenvalue weighted by Gasteiger charge is -2.28. The fraction of sp³-hybridized carbons (Fsp3) is 0.769. The molecule has 0 unspecified atom stereocenters. The fourth-order valence-corrected chi connectivity index (χ4v) is 1.46. The Labute approximate surface area is 104 Å². The Bertz CT molecular complexity index is 251. The predicted octanol–water partition coefficient (Wildman–Crippen LogP) is 2.77. The summed E-state index contributed by atoms with van der Waals surface area (Å²) >= 11 is 0. The van der Waals surface area contributed by atoms with Crippen LogP contribution in [0.2, 0.25) is 0 Å². The monoisotopic (exact) mass is 243 g/mol. The molecule has 1 N–H and O–H groups in total. The number of aliphatic hydroxyl groups is 1. The first-order valence-corrected chi connectivity index (χ1v) is 6.11. The second-order valence-corrected chi connectivity index (χ2v) is 4.91. The molecule has 0 aliphatic carbocycles. The van der Waals surface area contributed by atoms with Crippen molar-refractivity contribution in [1.82, 2.24) is 4.90 Å². The van der Waals surface area contributed by atoms with Gasteiger partial charge in [-0.1, -0.05) is 6.92 Å². The minimum Gasteiger partial charge on any atom is -0.418 e. The summed E-state index contributed by atoms with van der Waals surface area (Å²) in [4.78, 5) is 13.4. The van der Waals surface area contributed by atoms with E-state index in [-0.39, 0.29) is 24.1 Å². The number of carbonyl (C=O) groups excluding carboxylic acids is 1. The first kappa shape index (κ1) is 16.0. The van der Waals surface area contributed by atoms with Crippen molar-refractivity contribution in [3.63, 3.8) is 0 Å². The molecule has 0 aliphatic rings. The summed E-state index contributed by atoms with van der Waals surface area (Å²) in [5.74, 6) is -0.0330. The molecule has 4 nitrogen and oxygen atoms in total. The minimum atomic E-state index is -0.448. The first-order valence-electron chi connectivity index (χ1n) is 6.11. The summed E-state index contributed by atoms with van der Waals surface area (Å²) in [7, 11) is 0. The summed E-state index contributed by atoms with van der Waals surface area (Å²) < 4.78 is 5.04. The van der Waals surface area contributed by atoms with E-state index >= 15 is 0 Å². The Morgan fingerprint density at radius 3 is 1.94 bits per heavy atom. The van der Waals surface area contributed by atoms with Crippen LogP contribution in [-0.2, 0) is 4.74 Å². The highest BCUT2D eigenvalue weighted by atomic mass is 16.5. The van der Waals surface area contributed by atoms with Gasteiger partial charge in [-0.3, -0.25) is 0 Å².